The van der Waals surface area contributed by atoms with E-state index in [1.54, 1.807) is 25.5 Å². The largest absolute Gasteiger partial charge is 0.496 e. The second-order valence-electron chi connectivity index (χ2n) is 6.20. The number of nitrogens with one attached hydrogen (secondary N) is 1. The van der Waals surface area contributed by atoms with Gasteiger partial charge < -0.3 is 4.74 Å². The van der Waals surface area contributed by atoms with E-state index in [1.807, 2.05) is 19.1 Å². The number of nitrogens with zero attached hydrogens (tertiary/aromatic N) is 1. The molecular weight excluding hydrogens is 319 g/mol. The van der Waals surface area contributed by atoms with Crippen molar-refractivity contribution in [1.29, 1.82) is 0 Å². The van der Waals surface area contributed by atoms with Crippen LogP contribution in [0, 0.1) is 12.7 Å². The van der Waals surface area contributed by atoms with E-state index in [-0.39, 0.29) is 18.1 Å². The number of methoxy groups -OCH3 is 1. The fourth-order valence-corrected chi connectivity index (χ4v) is 2.48. The Hall–Kier alpha value is -2.69. The predicted molar refractivity (Wildman–Crippen MR) is 97.7 cm³/mol. The average Bonchev–Trinajstić information content (AvgIpc) is 2.57. The molecule has 0 radical (unpaired) electrons. The summed E-state index contributed by atoms with van der Waals surface area (Å²) in [5, 5.41) is 4.03. The van der Waals surface area contributed by atoms with Crippen LogP contribution in [0.25, 0.3) is 0 Å². The predicted octanol–water partition coefficient (Wildman–Crippen LogP) is 3.96. The van der Waals surface area contributed by atoms with E-state index in [0.29, 0.717) is 5.92 Å². The number of hydrogen-bond donors (Lipinski definition) is 1. The summed E-state index contributed by atoms with van der Waals surface area (Å²) in [4.78, 5) is 11.9. The lowest BCUT2D eigenvalue weighted by molar-refractivity contribution is -0.120. The highest BCUT2D eigenvalue weighted by Crippen LogP contribution is 2.28. The molecule has 0 atom stereocenters. The Kier molecular flexibility index (Phi) is 6.28. The molecule has 0 saturated heterocycles. The summed E-state index contributed by atoms with van der Waals surface area (Å²) in [6, 6.07) is 9.83. The first-order valence-corrected chi connectivity index (χ1v) is 8.15. The first-order chi connectivity index (χ1) is 11.9. The molecule has 0 aliphatic heterocycles. The van der Waals surface area contributed by atoms with Gasteiger partial charge in [0.15, 0.2) is 0 Å². The van der Waals surface area contributed by atoms with Gasteiger partial charge in [0, 0.05) is 0 Å². The Morgan fingerprint density at radius 1 is 1.28 bits per heavy atom. The van der Waals surface area contributed by atoms with E-state index < -0.39 is 0 Å². The van der Waals surface area contributed by atoms with E-state index >= 15 is 0 Å². The van der Waals surface area contributed by atoms with Crippen molar-refractivity contribution < 1.29 is 13.9 Å². The van der Waals surface area contributed by atoms with Crippen LogP contribution in [0.1, 0.15) is 42.0 Å². The van der Waals surface area contributed by atoms with Crippen LogP contribution in [-0.4, -0.2) is 19.2 Å². The molecule has 2 rings (SSSR count). The molecule has 0 aromatic heterocycles. The normalized spacial score (nSPS) is 11.1. The number of ether oxygens (including phenoxy) is 1. The number of amides is 1. The Morgan fingerprint density at radius 3 is 2.56 bits per heavy atom. The third-order valence-electron chi connectivity index (χ3n) is 3.91. The topological polar surface area (TPSA) is 50.7 Å². The SMILES string of the molecule is COc1cc(C)c(/C=N/NC(=O)Cc2ccc(F)cc2)cc1C(C)C. The van der Waals surface area contributed by atoms with Crippen molar-refractivity contribution in [2.75, 3.05) is 7.11 Å². The molecule has 1 amide bonds. The molecule has 0 heterocycles. The van der Waals surface area contributed by atoms with Crippen LogP contribution in [-0.2, 0) is 11.2 Å². The second-order valence-corrected chi connectivity index (χ2v) is 6.20. The number of carbonyl (C=O) groups excluding carboxylic acids is 1. The number of aryl methyl sites for hydroxylation is 1. The van der Waals surface area contributed by atoms with Gasteiger partial charge in [-0.1, -0.05) is 26.0 Å². The van der Waals surface area contributed by atoms with E-state index in [9.17, 15) is 9.18 Å². The van der Waals surface area contributed by atoms with Crippen molar-refractivity contribution in [2.24, 2.45) is 5.10 Å². The van der Waals surface area contributed by atoms with Gasteiger partial charge in [-0.2, -0.15) is 5.10 Å². The third-order valence-corrected chi connectivity index (χ3v) is 3.91. The Morgan fingerprint density at radius 2 is 1.96 bits per heavy atom. The molecule has 0 aliphatic rings. The summed E-state index contributed by atoms with van der Waals surface area (Å²) in [5.41, 5.74) is 6.26. The molecule has 5 heteroatoms. The standard InChI is InChI=1S/C20H23FN2O2/c1-13(2)18-11-16(14(3)9-19(18)25-4)12-22-23-20(24)10-15-5-7-17(21)8-6-15/h5-9,11-13H,10H2,1-4H3,(H,23,24)/b22-12+. The Bertz CT molecular complexity index is 768. The van der Waals surface area contributed by atoms with Gasteiger partial charge in [0.2, 0.25) is 5.91 Å². The monoisotopic (exact) mass is 342 g/mol. The smallest absolute Gasteiger partial charge is 0.244 e. The molecule has 132 valence electrons. The van der Waals surface area contributed by atoms with Gasteiger partial charge in [-0.05, 0) is 59.4 Å². The van der Waals surface area contributed by atoms with Gasteiger partial charge in [0.1, 0.15) is 11.6 Å². The average molecular weight is 342 g/mol. The molecule has 2 aromatic rings. The van der Waals surface area contributed by atoms with Crippen molar-refractivity contribution in [1.82, 2.24) is 5.43 Å². The van der Waals surface area contributed by atoms with Crippen molar-refractivity contribution in [3.63, 3.8) is 0 Å². The molecule has 0 aliphatic carbocycles. The van der Waals surface area contributed by atoms with E-state index in [0.717, 1.165) is 28.0 Å². The highest BCUT2D eigenvalue weighted by atomic mass is 19.1. The summed E-state index contributed by atoms with van der Waals surface area (Å²) in [7, 11) is 1.66. The van der Waals surface area contributed by atoms with Crippen molar-refractivity contribution >= 4 is 12.1 Å². The third kappa shape index (κ3) is 5.14. The van der Waals surface area contributed by atoms with Crippen LogP contribution in [0.2, 0.25) is 0 Å². The number of hydrogen-bond acceptors (Lipinski definition) is 3. The fourth-order valence-electron chi connectivity index (χ4n) is 2.48. The van der Waals surface area contributed by atoms with Crippen LogP contribution in [0.5, 0.6) is 5.75 Å². The maximum Gasteiger partial charge on any atom is 0.244 e. The van der Waals surface area contributed by atoms with Crippen molar-refractivity contribution in [3.8, 4) is 5.75 Å². The minimum atomic E-state index is -0.321. The first-order valence-electron chi connectivity index (χ1n) is 8.15. The zero-order valence-electron chi connectivity index (χ0n) is 15.0. The highest BCUT2D eigenvalue weighted by Gasteiger charge is 2.10. The van der Waals surface area contributed by atoms with Crippen LogP contribution in [0.15, 0.2) is 41.5 Å². The van der Waals surface area contributed by atoms with E-state index in [2.05, 4.69) is 24.4 Å². The molecule has 1 N–H and O–H groups in total. The number of benzene rings is 2. The summed E-state index contributed by atoms with van der Waals surface area (Å²) in [6.07, 6.45) is 1.78. The highest BCUT2D eigenvalue weighted by molar-refractivity contribution is 5.85. The van der Waals surface area contributed by atoms with Crippen LogP contribution in [0.4, 0.5) is 4.39 Å². The lowest BCUT2D eigenvalue weighted by Gasteiger charge is -2.14. The molecule has 0 unspecified atom stereocenters. The van der Waals surface area contributed by atoms with Gasteiger partial charge in [0.05, 0.1) is 19.7 Å². The maximum absolute atomic E-state index is 12.9. The first kappa shape index (κ1) is 18.6. The quantitative estimate of drug-likeness (QED) is 0.638. The number of halogens is 1. The molecule has 0 fully saturated rings. The van der Waals surface area contributed by atoms with Crippen LogP contribution >= 0.6 is 0 Å². The maximum atomic E-state index is 12.9. The number of rotatable bonds is 6. The minimum absolute atomic E-state index is 0.149. The molecule has 4 nitrogen and oxygen atoms in total. The zero-order chi connectivity index (χ0) is 18.4. The second kappa shape index (κ2) is 8.42. The van der Waals surface area contributed by atoms with Gasteiger partial charge >= 0.3 is 0 Å². The van der Waals surface area contributed by atoms with E-state index in [1.165, 1.54) is 12.1 Å². The zero-order valence-corrected chi connectivity index (χ0v) is 15.0. The number of hydrazone groups is 1. The summed E-state index contributed by atoms with van der Waals surface area (Å²) in [5.74, 6) is 0.594. The Labute approximate surface area is 147 Å². The van der Waals surface area contributed by atoms with Gasteiger partial charge in [0.25, 0.3) is 0 Å². The molecular formula is C20H23FN2O2. The molecule has 2 aromatic carbocycles. The van der Waals surface area contributed by atoms with E-state index in [4.69, 9.17) is 4.74 Å². The summed E-state index contributed by atoms with van der Waals surface area (Å²) >= 11 is 0. The summed E-state index contributed by atoms with van der Waals surface area (Å²) < 4.78 is 18.3. The van der Waals surface area contributed by atoms with Gasteiger partial charge in [-0.3, -0.25) is 4.79 Å². The van der Waals surface area contributed by atoms with Crippen LogP contribution < -0.4 is 10.2 Å². The number of carbonyl (C=O) groups is 1. The Balaban J connectivity index is 2.04. The molecule has 25 heavy (non-hydrogen) atoms. The lowest BCUT2D eigenvalue weighted by Crippen LogP contribution is -2.19. The minimum Gasteiger partial charge on any atom is -0.496 e. The fraction of sp³-hybridized carbons (Fsp3) is 0.300. The van der Waals surface area contributed by atoms with Crippen molar-refractivity contribution in [2.45, 2.75) is 33.1 Å². The summed E-state index contributed by atoms with van der Waals surface area (Å²) in [6.45, 7) is 6.16. The van der Waals surface area contributed by atoms with Crippen LogP contribution in [0.3, 0.4) is 0 Å². The molecule has 0 spiro atoms. The lowest BCUT2D eigenvalue weighted by atomic mass is 9.97. The van der Waals surface area contributed by atoms with Gasteiger partial charge in [-0.25, -0.2) is 9.82 Å². The molecule has 0 bridgehead atoms. The molecule has 0 saturated carbocycles. The van der Waals surface area contributed by atoms with Gasteiger partial charge in [-0.15, -0.1) is 0 Å². The van der Waals surface area contributed by atoms with Crippen molar-refractivity contribution in [3.05, 3.63) is 64.5 Å².